The maximum atomic E-state index is 11.9. The standard InChI is InChI=1S/C13H17BrN2O/c1-8-6-10(7-9(2)12(8)14)16-13(17)11-4-3-5-15-11/h6-7,11,15H,3-5H2,1-2H3,(H,16,17)/t11-/m0/s1. The van der Waals surface area contributed by atoms with Crippen molar-refractivity contribution < 1.29 is 4.79 Å². The molecular weight excluding hydrogens is 280 g/mol. The molecule has 0 aliphatic carbocycles. The summed E-state index contributed by atoms with van der Waals surface area (Å²) < 4.78 is 1.11. The summed E-state index contributed by atoms with van der Waals surface area (Å²) in [5, 5.41) is 6.17. The lowest BCUT2D eigenvalue weighted by Crippen LogP contribution is -2.35. The van der Waals surface area contributed by atoms with Crippen molar-refractivity contribution in [1.29, 1.82) is 0 Å². The summed E-state index contributed by atoms with van der Waals surface area (Å²) in [5.41, 5.74) is 3.15. The number of benzene rings is 1. The van der Waals surface area contributed by atoms with Gasteiger partial charge in [-0.3, -0.25) is 4.79 Å². The third kappa shape index (κ3) is 2.87. The highest BCUT2D eigenvalue weighted by Crippen LogP contribution is 2.25. The molecule has 1 aliphatic heterocycles. The fourth-order valence-electron chi connectivity index (χ4n) is 2.16. The van der Waals surface area contributed by atoms with Gasteiger partial charge in [-0.25, -0.2) is 0 Å². The minimum atomic E-state index is -0.0285. The van der Waals surface area contributed by atoms with E-state index in [-0.39, 0.29) is 11.9 Å². The van der Waals surface area contributed by atoms with Crippen LogP contribution in [0.3, 0.4) is 0 Å². The summed E-state index contributed by atoms with van der Waals surface area (Å²) in [6.45, 7) is 5.00. The summed E-state index contributed by atoms with van der Waals surface area (Å²) in [4.78, 5) is 11.9. The van der Waals surface area contributed by atoms with Gasteiger partial charge in [0.15, 0.2) is 0 Å². The van der Waals surface area contributed by atoms with Gasteiger partial charge in [-0.15, -0.1) is 0 Å². The fraction of sp³-hybridized carbons (Fsp3) is 0.462. The van der Waals surface area contributed by atoms with E-state index >= 15 is 0 Å². The van der Waals surface area contributed by atoms with E-state index in [1.54, 1.807) is 0 Å². The van der Waals surface area contributed by atoms with Crippen LogP contribution in [0.2, 0.25) is 0 Å². The van der Waals surface area contributed by atoms with Crippen LogP contribution in [-0.2, 0) is 4.79 Å². The highest BCUT2D eigenvalue weighted by molar-refractivity contribution is 9.10. The van der Waals surface area contributed by atoms with Crippen LogP contribution in [0.1, 0.15) is 24.0 Å². The Morgan fingerprint density at radius 1 is 1.41 bits per heavy atom. The number of halogens is 1. The number of anilines is 1. The number of hydrogen-bond donors (Lipinski definition) is 2. The molecule has 1 aliphatic rings. The van der Waals surface area contributed by atoms with Crippen molar-refractivity contribution in [2.75, 3.05) is 11.9 Å². The highest BCUT2D eigenvalue weighted by Gasteiger charge is 2.21. The summed E-state index contributed by atoms with van der Waals surface area (Å²) in [6.07, 6.45) is 2.01. The SMILES string of the molecule is Cc1cc(NC(=O)[C@@H]2CCCN2)cc(C)c1Br. The maximum Gasteiger partial charge on any atom is 0.241 e. The minimum absolute atomic E-state index is 0.0285. The van der Waals surface area contributed by atoms with Gasteiger partial charge in [0.2, 0.25) is 5.91 Å². The van der Waals surface area contributed by atoms with Gasteiger partial charge in [0.05, 0.1) is 6.04 Å². The molecule has 1 aromatic rings. The van der Waals surface area contributed by atoms with Gasteiger partial charge in [0, 0.05) is 10.2 Å². The monoisotopic (exact) mass is 296 g/mol. The zero-order chi connectivity index (χ0) is 12.4. The highest BCUT2D eigenvalue weighted by atomic mass is 79.9. The lowest BCUT2D eigenvalue weighted by molar-refractivity contribution is -0.117. The van der Waals surface area contributed by atoms with Crippen LogP contribution < -0.4 is 10.6 Å². The molecule has 1 aromatic carbocycles. The largest absolute Gasteiger partial charge is 0.325 e. The van der Waals surface area contributed by atoms with Gasteiger partial charge in [-0.2, -0.15) is 0 Å². The minimum Gasteiger partial charge on any atom is -0.325 e. The van der Waals surface area contributed by atoms with Crippen LogP contribution in [0, 0.1) is 13.8 Å². The van der Waals surface area contributed by atoms with Gasteiger partial charge in [-0.1, -0.05) is 15.9 Å². The van der Waals surface area contributed by atoms with E-state index in [2.05, 4.69) is 26.6 Å². The van der Waals surface area contributed by atoms with Crippen LogP contribution in [-0.4, -0.2) is 18.5 Å². The van der Waals surface area contributed by atoms with E-state index in [9.17, 15) is 4.79 Å². The van der Waals surface area contributed by atoms with E-state index in [0.717, 1.165) is 40.7 Å². The lowest BCUT2D eigenvalue weighted by Gasteiger charge is -2.13. The third-order valence-electron chi connectivity index (χ3n) is 3.08. The molecule has 1 amide bonds. The Kier molecular flexibility index (Phi) is 3.84. The quantitative estimate of drug-likeness (QED) is 0.881. The van der Waals surface area contributed by atoms with Crippen molar-refractivity contribution in [2.24, 2.45) is 0 Å². The van der Waals surface area contributed by atoms with E-state index in [0.29, 0.717) is 0 Å². The predicted molar refractivity (Wildman–Crippen MR) is 73.3 cm³/mol. The van der Waals surface area contributed by atoms with Crippen LogP contribution in [0.15, 0.2) is 16.6 Å². The molecule has 3 nitrogen and oxygen atoms in total. The van der Waals surface area contributed by atoms with Gasteiger partial charge in [-0.05, 0) is 56.5 Å². The first-order valence-corrected chi connectivity index (χ1v) is 6.68. The van der Waals surface area contributed by atoms with Crippen molar-refractivity contribution in [1.82, 2.24) is 5.32 Å². The zero-order valence-electron chi connectivity index (χ0n) is 10.1. The summed E-state index contributed by atoms with van der Waals surface area (Å²) in [7, 11) is 0. The molecule has 17 heavy (non-hydrogen) atoms. The van der Waals surface area contributed by atoms with E-state index in [1.807, 2.05) is 26.0 Å². The average molecular weight is 297 g/mol. The first-order valence-electron chi connectivity index (χ1n) is 5.89. The van der Waals surface area contributed by atoms with E-state index in [4.69, 9.17) is 0 Å². The zero-order valence-corrected chi connectivity index (χ0v) is 11.7. The number of rotatable bonds is 2. The Bertz CT molecular complexity index is 416. The summed E-state index contributed by atoms with van der Waals surface area (Å²) in [5.74, 6) is 0.0728. The average Bonchev–Trinajstić information content (AvgIpc) is 2.79. The second-order valence-electron chi connectivity index (χ2n) is 4.56. The van der Waals surface area contributed by atoms with Crippen LogP contribution in [0.25, 0.3) is 0 Å². The van der Waals surface area contributed by atoms with Gasteiger partial charge in [0.25, 0.3) is 0 Å². The van der Waals surface area contributed by atoms with Gasteiger partial charge in [0.1, 0.15) is 0 Å². The molecule has 0 saturated carbocycles. The molecule has 4 heteroatoms. The number of carbonyl (C=O) groups excluding carboxylic acids is 1. The topological polar surface area (TPSA) is 41.1 Å². The number of hydrogen-bond acceptors (Lipinski definition) is 2. The molecule has 1 heterocycles. The number of amides is 1. The molecule has 2 rings (SSSR count). The normalized spacial score (nSPS) is 19.4. The third-order valence-corrected chi connectivity index (χ3v) is 4.33. The fourth-order valence-corrected chi connectivity index (χ4v) is 2.38. The number of nitrogens with one attached hydrogen (secondary N) is 2. The Hall–Kier alpha value is -0.870. The summed E-state index contributed by atoms with van der Waals surface area (Å²) in [6, 6.07) is 3.95. The Morgan fingerprint density at radius 2 is 2.06 bits per heavy atom. The van der Waals surface area contributed by atoms with Gasteiger partial charge >= 0.3 is 0 Å². The van der Waals surface area contributed by atoms with Crippen molar-refractivity contribution >= 4 is 27.5 Å². The van der Waals surface area contributed by atoms with Crippen molar-refractivity contribution in [2.45, 2.75) is 32.7 Å². The molecule has 92 valence electrons. The van der Waals surface area contributed by atoms with Crippen molar-refractivity contribution in [3.63, 3.8) is 0 Å². The first kappa shape index (κ1) is 12.6. The van der Waals surface area contributed by atoms with Crippen LogP contribution in [0.5, 0.6) is 0 Å². The molecule has 0 aromatic heterocycles. The maximum absolute atomic E-state index is 11.9. The Morgan fingerprint density at radius 3 is 2.59 bits per heavy atom. The molecule has 2 N–H and O–H groups in total. The molecule has 0 bridgehead atoms. The predicted octanol–water partition coefficient (Wildman–Crippen LogP) is 2.76. The molecule has 0 radical (unpaired) electrons. The summed E-state index contributed by atoms with van der Waals surface area (Å²) >= 11 is 3.52. The Balaban J connectivity index is 2.10. The molecule has 1 fully saturated rings. The second-order valence-corrected chi connectivity index (χ2v) is 5.36. The molecule has 1 saturated heterocycles. The molecule has 1 atom stereocenters. The van der Waals surface area contributed by atoms with Crippen LogP contribution in [0.4, 0.5) is 5.69 Å². The van der Waals surface area contributed by atoms with Crippen molar-refractivity contribution in [3.8, 4) is 0 Å². The first-order chi connectivity index (χ1) is 8.08. The number of carbonyl (C=O) groups is 1. The number of aryl methyl sites for hydroxylation is 2. The van der Waals surface area contributed by atoms with Crippen molar-refractivity contribution in [3.05, 3.63) is 27.7 Å². The lowest BCUT2D eigenvalue weighted by atomic mass is 10.1. The van der Waals surface area contributed by atoms with Crippen LogP contribution >= 0.6 is 15.9 Å². The smallest absolute Gasteiger partial charge is 0.241 e. The molecular formula is C13H17BrN2O. The van der Waals surface area contributed by atoms with Gasteiger partial charge < -0.3 is 10.6 Å². The van der Waals surface area contributed by atoms with E-state index in [1.165, 1.54) is 0 Å². The van der Waals surface area contributed by atoms with E-state index < -0.39 is 0 Å². The molecule has 0 spiro atoms. The molecule has 0 unspecified atom stereocenters. The Labute approximate surface area is 110 Å². The second kappa shape index (κ2) is 5.19.